The van der Waals surface area contributed by atoms with E-state index in [1.54, 1.807) is 0 Å². The second kappa shape index (κ2) is 27.7. The fourth-order valence-electron chi connectivity index (χ4n) is 19.4. The zero-order valence-electron chi connectivity index (χ0n) is 65.0. The zero-order chi connectivity index (χ0) is 78.9. The summed E-state index contributed by atoms with van der Waals surface area (Å²) in [6, 6.07) is 131. The van der Waals surface area contributed by atoms with Gasteiger partial charge in [-0.05, 0) is 204 Å². The molecule has 1 atom stereocenters. The van der Waals surface area contributed by atoms with E-state index in [0.717, 1.165) is 207 Å². The van der Waals surface area contributed by atoms with Crippen molar-refractivity contribution in [2.75, 3.05) is 0 Å². The Hall–Kier alpha value is -15.5. The fourth-order valence-corrected chi connectivity index (χ4v) is 19.4. The van der Waals surface area contributed by atoms with E-state index < -0.39 is 10.8 Å². The first-order valence-corrected chi connectivity index (χ1v) is 40.5. The van der Waals surface area contributed by atoms with Crippen molar-refractivity contribution >= 4 is 10.8 Å². The molecule has 23 rings (SSSR count). The third-order valence-electron chi connectivity index (χ3n) is 24.6. The molecular formula is C110H71N7O2. The molecule has 1 unspecified atom stereocenters. The first-order valence-electron chi connectivity index (χ1n) is 40.5. The Morgan fingerprint density at radius 3 is 1.53 bits per heavy atom. The van der Waals surface area contributed by atoms with Gasteiger partial charge in [-0.3, -0.25) is 9.97 Å². The number of rotatable bonds is 12. The molecule has 0 bridgehead atoms. The smallest absolute Gasteiger partial charge is 0.164 e. The van der Waals surface area contributed by atoms with E-state index in [1.165, 1.54) is 5.56 Å². The molecule has 0 saturated heterocycles. The predicted molar refractivity (Wildman–Crippen MR) is 476 cm³/mol. The van der Waals surface area contributed by atoms with Crippen LogP contribution in [0.4, 0.5) is 0 Å². The van der Waals surface area contributed by atoms with Crippen LogP contribution in [0.1, 0.15) is 67.0 Å². The van der Waals surface area contributed by atoms with Crippen LogP contribution in [-0.4, -0.2) is 34.9 Å². The number of benzene rings is 15. The Kier molecular flexibility index (Phi) is 16.1. The minimum absolute atomic E-state index is 0.533. The average Bonchev–Trinajstić information content (AvgIpc) is 1.52. The molecule has 6 heterocycles. The number of nitrogens with zero attached hydrogens (tertiary/aromatic N) is 7. The average molecular weight is 1520 g/mol. The van der Waals surface area contributed by atoms with Gasteiger partial charge in [-0.2, -0.15) is 0 Å². The minimum Gasteiger partial charge on any atom is -0.457 e. The summed E-state index contributed by atoms with van der Waals surface area (Å²) in [6.45, 7) is 4.10. The van der Waals surface area contributed by atoms with Crippen molar-refractivity contribution in [3.05, 3.63) is 450 Å². The molecule has 2 aliphatic heterocycles. The highest BCUT2D eigenvalue weighted by Crippen LogP contribution is 2.66. The Morgan fingerprint density at radius 2 is 0.790 bits per heavy atom. The number of aryl methyl sites for hydroxylation is 2. The lowest BCUT2D eigenvalue weighted by Crippen LogP contribution is -2.32. The Balaban J connectivity index is 0.722. The summed E-state index contributed by atoms with van der Waals surface area (Å²) >= 11 is 0. The lowest BCUT2D eigenvalue weighted by molar-refractivity contribution is 0.436. The Labute approximate surface area is 689 Å². The van der Waals surface area contributed by atoms with Gasteiger partial charge >= 0.3 is 0 Å². The third-order valence-corrected chi connectivity index (χ3v) is 24.6. The summed E-state index contributed by atoms with van der Waals surface area (Å²) in [5.74, 6) is 5.57. The van der Waals surface area contributed by atoms with Gasteiger partial charge in [0.25, 0.3) is 0 Å². The molecule has 119 heavy (non-hydrogen) atoms. The summed E-state index contributed by atoms with van der Waals surface area (Å²) in [5, 5.41) is 2.31. The van der Waals surface area contributed by atoms with Gasteiger partial charge in [0, 0.05) is 79.8 Å². The fraction of sp³-hybridized carbons (Fsp3) is 0.0455. The molecule has 15 aromatic carbocycles. The van der Waals surface area contributed by atoms with Gasteiger partial charge in [0.2, 0.25) is 0 Å². The largest absolute Gasteiger partial charge is 0.457 e. The van der Waals surface area contributed by atoms with Crippen molar-refractivity contribution in [2.24, 2.45) is 0 Å². The summed E-state index contributed by atoms with van der Waals surface area (Å²) < 4.78 is 14.3. The molecule has 4 aromatic heterocycles. The van der Waals surface area contributed by atoms with E-state index in [0.29, 0.717) is 29.7 Å². The van der Waals surface area contributed by atoms with Crippen LogP contribution in [0.25, 0.3) is 145 Å². The molecule has 558 valence electrons. The number of pyridine rings is 2. The SMILES string of the molecule is Cc1cncc(-c2cccc(-c3cc4c(cc3-c3nc(-c5ccccc5)nc(-c5cccc(-c6ccccc6)c5)n3)-c3ccc(Cc5cnc(-c6ccccc6)cc5-c5ccc6c(c5)C5(c7ccccc7O6)c6ccccc6-c6c(-c7cc(-c8cccc9ccccc89)nc(C)n7)cccc65)cc3C43c4ccccc4Oc4ccccc43)c2)c1. The molecule has 0 radical (unpaired) electrons. The summed E-state index contributed by atoms with van der Waals surface area (Å²) in [5.41, 5.74) is 31.4. The number of hydrogen-bond acceptors (Lipinski definition) is 9. The van der Waals surface area contributed by atoms with Crippen molar-refractivity contribution in [3.8, 4) is 158 Å². The highest BCUT2D eigenvalue weighted by molar-refractivity contribution is 6.01. The lowest BCUT2D eigenvalue weighted by Gasteiger charge is -2.39. The highest BCUT2D eigenvalue weighted by Gasteiger charge is 2.54. The lowest BCUT2D eigenvalue weighted by atomic mass is 9.65. The second-order valence-corrected chi connectivity index (χ2v) is 31.4. The Bertz CT molecular complexity index is 7340. The molecule has 9 heteroatoms. The summed E-state index contributed by atoms with van der Waals surface area (Å²) in [7, 11) is 0. The summed E-state index contributed by atoms with van der Waals surface area (Å²) in [4.78, 5) is 37.1. The van der Waals surface area contributed by atoms with Gasteiger partial charge < -0.3 is 9.47 Å². The van der Waals surface area contributed by atoms with Crippen molar-refractivity contribution in [1.82, 2.24) is 34.9 Å². The second-order valence-electron chi connectivity index (χ2n) is 31.4. The van der Waals surface area contributed by atoms with E-state index in [2.05, 4.69) is 353 Å². The van der Waals surface area contributed by atoms with Crippen LogP contribution < -0.4 is 9.47 Å². The van der Waals surface area contributed by atoms with Gasteiger partial charge in [-0.15, -0.1) is 0 Å². The minimum atomic E-state index is -0.907. The van der Waals surface area contributed by atoms with Crippen LogP contribution in [0.15, 0.2) is 383 Å². The highest BCUT2D eigenvalue weighted by atomic mass is 16.5. The summed E-state index contributed by atoms with van der Waals surface area (Å²) in [6.07, 6.45) is 6.50. The maximum absolute atomic E-state index is 7.21. The monoisotopic (exact) mass is 1520 g/mol. The van der Waals surface area contributed by atoms with Crippen LogP contribution >= 0.6 is 0 Å². The number of aromatic nitrogens is 7. The van der Waals surface area contributed by atoms with E-state index in [-0.39, 0.29) is 0 Å². The van der Waals surface area contributed by atoms with Gasteiger partial charge in [-0.1, -0.05) is 291 Å². The Morgan fingerprint density at radius 1 is 0.261 bits per heavy atom. The van der Waals surface area contributed by atoms with Crippen molar-refractivity contribution in [3.63, 3.8) is 0 Å². The van der Waals surface area contributed by atoms with E-state index in [1.807, 2.05) is 43.6 Å². The van der Waals surface area contributed by atoms with Gasteiger partial charge in [0.15, 0.2) is 17.5 Å². The van der Waals surface area contributed by atoms with E-state index >= 15 is 0 Å². The van der Waals surface area contributed by atoms with Gasteiger partial charge in [0.1, 0.15) is 28.8 Å². The molecule has 0 N–H and O–H groups in total. The van der Waals surface area contributed by atoms with Crippen molar-refractivity contribution in [1.29, 1.82) is 0 Å². The zero-order valence-corrected chi connectivity index (χ0v) is 65.0. The first kappa shape index (κ1) is 69.1. The molecule has 0 fully saturated rings. The molecule has 4 aliphatic rings. The van der Waals surface area contributed by atoms with Crippen molar-refractivity contribution < 1.29 is 9.47 Å². The molecule has 0 amide bonds. The molecule has 0 saturated carbocycles. The maximum Gasteiger partial charge on any atom is 0.164 e. The number of ether oxygens (including phenoxy) is 2. The van der Waals surface area contributed by atoms with Crippen LogP contribution in [0.2, 0.25) is 0 Å². The molecule has 19 aromatic rings. The van der Waals surface area contributed by atoms with Gasteiger partial charge in [0.05, 0.1) is 27.9 Å². The van der Waals surface area contributed by atoms with E-state index in [4.69, 9.17) is 44.4 Å². The van der Waals surface area contributed by atoms with Crippen LogP contribution in [0.3, 0.4) is 0 Å². The van der Waals surface area contributed by atoms with Gasteiger partial charge in [-0.25, -0.2) is 24.9 Å². The predicted octanol–water partition coefficient (Wildman–Crippen LogP) is 26.4. The third kappa shape index (κ3) is 11.2. The number of fused-ring (bicyclic) bond motifs is 19. The quantitative estimate of drug-likeness (QED) is 0.118. The number of para-hydroxylation sites is 3. The molecule has 2 spiro atoms. The normalized spacial score (nSPS) is 13.9. The van der Waals surface area contributed by atoms with Crippen LogP contribution in [-0.2, 0) is 17.3 Å². The van der Waals surface area contributed by atoms with Crippen molar-refractivity contribution in [2.45, 2.75) is 31.1 Å². The van der Waals surface area contributed by atoms with Crippen LogP contribution in [0, 0.1) is 13.8 Å². The standard InChI is InChI=1S/C110H71N7O2/c1-67-54-79(65-111-64-67)75-35-22-36-76(57-75)87-61-96-88(60-89(87)108-116-106(73-31-10-5-11-32-73)115-107(117-108)78-37-23-34-74(58-78)70-26-6-3-7-27-70)82-52-50-69(56-95(82)110(96)92-44-17-20-48-102(92)118-103-49-21-18-45-93(103)110)55-80-66-112-98(72-29-8-4-9-30-72)62-86(80)77-51-53-104-97(59-77)109(91-43-16-19-47-101(91)119-104)90-42-15-14-39-84(90)105-85(41-25-46-94(105)109)100-63-99(113-68(2)114-100)83-40-24-33-71-28-12-13-38-81(71)83/h3-54,56-66H,55H2,1-2H3. The molecule has 2 aliphatic carbocycles. The van der Waals surface area contributed by atoms with Crippen LogP contribution in [0.5, 0.6) is 23.0 Å². The topological polar surface area (TPSA) is 109 Å². The first-order chi connectivity index (χ1) is 58.7. The van der Waals surface area contributed by atoms with E-state index in [9.17, 15) is 0 Å². The molecular weight excluding hydrogens is 1450 g/mol. The maximum atomic E-state index is 7.21. The number of hydrogen-bond donors (Lipinski definition) is 0. The molecule has 9 nitrogen and oxygen atoms in total.